The third-order valence-corrected chi connectivity index (χ3v) is 3.23. The second-order valence-corrected chi connectivity index (χ2v) is 4.84. The van der Waals surface area contributed by atoms with Crippen LogP contribution in [-0.4, -0.2) is 19.5 Å². The number of carbonyl (C=O) groups is 1. The molecule has 0 aliphatic rings. The van der Waals surface area contributed by atoms with Crippen molar-refractivity contribution in [2.45, 2.75) is 19.8 Å². The highest BCUT2D eigenvalue weighted by molar-refractivity contribution is 5.97. The number of rotatable bonds is 7. The molecule has 0 spiro atoms. The van der Waals surface area contributed by atoms with Crippen LogP contribution in [0.15, 0.2) is 48.5 Å². The fraction of sp³-hybridized carbons (Fsp3) is 0.278. The van der Waals surface area contributed by atoms with Gasteiger partial charge in [-0.05, 0) is 24.1 Å². The van der Waals surface area contributed by atoms with Gasteiger partial charge in [0.25, 0.3) is 0 Å². The van der Waals surface area contributed by atoms with Gasteiger partial charge in [0.15, 0.2) is 12.4 Å². The van der Waals surface area contributed by atoms with Gasteiger partial charge in [-0.15, -0.1) is 0 Å². The summed E-state index contributed by atoms with van der Waals surface area (Å²) in [7, 11) is 1.60. The van der Waals surface area contributed by atoms with Crippen molar-refractivity contribution in [3.05, 3.63) is 59.7 Å². The van der Waals surface area contributed by atoms with Gasteiger partial charge in [0.1, 0.15) is 11.5 Å². The molecule has 110 valence electrons. The van der Waals surface area contributed by atoms with E-state index in [9.17, 15) is 4.79 Å². The van der Waals surface area contributed by atoms with E-state index < -0.39 is 0 Å². The Balaban J connectivity index is 1.94. The summed E-state index contributed by atoms with van der Waals surface area (Å²) in [4.78, 5) is 12.1. The zero-order valence-corrected chi connectivity index (χ0v) is 12.5. The van der Waals surface area contributed by atoms with E-state index in [-0.39, 0.29) is 12.4 Å². The smallest absolute Gasteiger partial charge is 0.200 e. The summed E-state index contributed by atoms with van der Waals surface area (Å²) < 4.78 is 10.6. The predicted molar refractivity (Wildman–Crippen MR) is 83.3 cm³/mol. The lowest BCUT2D eigenvalue weighted by Gasteiger charge is -2.07. The molecule has 0 saturated heterocycles. The van der Waals surface area contributed by atoms with Crippen LogP contribution in [0.4, 0.5) is 0 Å². The minimum absolute atomic E-state index is 0.0270. The van der Waals surface area contributed by atoms with Crippen molar-refractivity contribution in [2.75, 3.05) is 13.7 Å². The molecular formula is C18H20O3. The quantitative estimate of drug-likeness (QED) is 0.723. The molecular weight excluding hydrogens is 264 g/mol. The Bertz CT molecular complexity index is 588. The number of hydrogen-bond acceptors (Lipinski definition) is 3. The Kier molecular flexibility index (Phi) is 5.38. The fourth-order valence-electron chi connectivity index (χ4n) is 2.07. The number of aryl methyl sites for hydroxylation is 1. The van der Waals surface area contributed by atoms with Crippen molar-refractivity contribution in [2.24, 2.45) is 0 Å². The molecule has 0 heterocycles. The highest BCUT2D eigenvalue weighted by atomic mass is 16.5. The molecule has 2 rings (SSSR count). The van der Waals surface area contributed by atoms with Crippen LogP contribution in [0.2, 0.25) is 0 Å². The minimum Gasteiger partial charge on any atom is -0.497 e. The third-order valence-electron chi connectivity index (χ3n) is 3.23. The van der Waals surface area contributed by atoms with Crippen LogP contribution in [-0.2, 0) is 6.42 Å². The topological polar surface area (TPSA) is 35.5 Å². The molecule has 0 saturated carbocycles. The molecule has 0 aromatic heterocycles. The lowest BCUT2D eigenvalue weighted by molar-refractivity contribution is 0.0921. The Hall–Kier alpha value is -2.29. The van der Waals surface area contributed by atoms with Crippen molar-refractivity contribution in [1.82, 2.24) is 0 Å². The molecule has 0 N–H and O–H groups in total. The van der Waals surface area contributed by atoms with E-state index >= 15 is 0 Å². The van der Waals surface area contributed by atoms with Gasteiger partial charge in [-0.25, -0.2) is 0 Å². The summed E-state index contributed by atoms with van der Waals surface area (Å²) >= 11 is 0. The van der Waals surface area contributed by atoms with Gasteiger partial charge in [0.2, 0.25) is 0 Å². The highest BCUT2D eigenvalue weighted by Gasteiger charge is 2.07. The third kappa shape index (κ3) is 4.35. The summed E-state index contributed by atoms with van der Waals surface area (Å²) in [6, 6.07) is 15.0. The van der Waals surface area contributed by atoms with Crippen LogP contribution < -0.4 is 9.47 Å². The van der Waals surface area contributed by atoms with Crippen molar-refractivity contribution in [3.63, 3.8) is 0 Å². The number of ether oxygens (including phenoxy) is 2. The first kappa shape index (κ1) is 15.1. The Labute approximate surface area is 125 Å². The van der Waals surface area contributed by atoms with E-state index in [0.717, 1.165) is 12.8 Å². The molecule has 0 fully saturated rings. The van der Waals surface area contributed by atoms with E-state index in [0.29, 0.717) is 17.1 Å². The first-order valence-corrected chi connectivity index (χ1v) is 7.12. The lowest BCUT2D eigenvalue weighted by atomic mass is 10.1. The van der Waals surface area contributed by atoms with Crippen molar-refractivity contribution >= 4 is 5.78 Å². The second kappa shape index (κ2) is 7.48. The SMILES string of the molecule is CCCc1ccc(C(=O)COc2cccc(OC)c2)cc1. The van der Waals surface area contributed by atoms with E-state index in [1.54, 1.807) is 19.2 Å². The van der Waals surface area contributed by atoms with Gasteiger partial charge in [-0.2, -0.15) is 0 Å². The Morgan fingerprint density at radius 2 is 1.76 bits per heavy atom. The van der Waals surface area contributed by atoms with E-state index in [1.165, 1.54) is 5.56 Å². The van der Waals surface area contributed by atoms with Crippen molar-refractivity contribution < 1.29 is 14.3 Å². The van der Waals surface area contributed by atoms with Gasteiger partial charge in [0.05, 0.1) is 7.11 Å². The number of carbonyl (C=O) groups excluding carboxylic acids is 1. The fourth-order valence-corrected chi connectivity index (χ4v) is 2.07. The zero-order chi connectivity index (χ0) is 15.1. The molecule has 0 radical (unpaired) electrons. The molecule has 3 nitrogen and oxygen atoms in total. The number of Topliss-reactive ketones (excluding diaryl/α,β-unsaturated/α-hetero) is 1. The predicted octanol–water partition coefficient (Wildman–Crippen LogP) is 3.91. The van der Waals surface area contributed by atoms with Crippen molar-refractivity contribution in [3.8, 4) is 11.5 Å². The van der Waals surface area contributed by atoms with Gasteiger partial charge < -0.3 is 9.47 Å². The maximum atomic E-state index is 12.1. The monoisotopic (exact) mass is 284 g/mol. The summed E-state index contributed by atoms with van der Waals surface area (Å²) in [5.41, 5.74) is 1.93. The largest absolute Gasteiger partial charge is 0.497 e. The molecule has 0 aliphatic carbocycles. The number of methoxy groups -OCH3 is 1. The summed E-state index contributed by atoms with van der Waals surface area (Å²) in [5.74, 6) is 1.31. The van der Waals surface area contributed by atoms with Crippen LogP contribution in [0.25, 0.3) is 0 Å². The molecule has 2 aromatic carbocycles. The van der Waals surface area contributed by atoms with Gasteiger partial charge in [0, 0.05) is 11.6 Å². The first-order chi connectivity index (χ1) is 10.2. The molecule has 2 aromatic rings. The molecule has 0 unspecified atom stereocenters. The lowest BCUT2D eigenvalue weighted by Crippen LogP contribution is -2.11. The summed E-state index contributed by atoms with van der Waals surface area (Å²) in [6.45, 7) is 2.17. The standard InChI is InChI=1S/C18H20O3/c1-3-5-14-8-10-15(11-9-14)18(19)13-21-17-7-4-6-16(12-17)20-2/h4,6-12H,3,5,13H2,1-2H3. The van der Waals surface area contributed by atoms with Crippen LogP contribution in [0.1, 0.15) is 29.3 Å². The number of ketones is 1. The number of benzene rings is 2. The second-order valence-electron chi connectivity index (χ2n) is 4.84. The zero-order valence-electron chi connectivity index (χ0n) is 12.5. The normalized spacial score (nSPS) is 10.2. The molecule has 0 amide bonds. The molecule has 0 atom stereocenters. The minimum atomic E-state index is -0.0270. The van der Waals surface area contributed by atoms with Crippen LogP contribution in [0.5, 0.6) is 11.5 Å². The molecule has 21 heavy (non-hydrogen) atoms. The average molecular weight is 284 g/mol. The van der Waals surface area contributed by atoms with Crippen LogP contribution in [0.3, 0.4) is 0 Å². The average Bonchev–Trinajstić information content (AvgIpc) is 2.54. The summed E-state index contributed by atoms with van der Waals surface area (Å²) in [5, 5.41) is 0. The molecule has 3 heteroatoms. The van der Waals surface area contributed by atoms with Crippen LogP contribution in [0, 0.1) is 0 Å². The molecule has 0 aliphatic heterocycles. The molecule has 0 bridgehead atoms. The van der Waals surface area contributed by atoms with Gasteiger partial charge in [-0.3, -0.25) is 4.79 Å². The van der Waals surface area contributed by atoms with E-state index in [2.05, 4.69) is 6.92 Å². The van der Waals surface area contributed by atoms with Crippen LogP contribution >= 0.6 is 0 Å². The van der Waals surface area contributed by atoms with E-state index in [1.807, 2.05) is 36.4 Å². The van der Waals surface area contributed by atoms with Gasteiger partial charge >= 0.3 is 0 Å². The van der Waals surface area contributed by atoms with Crippen molar-refractivity contribution in [1.29, 1.82) is 0 Å². The maximum absolute atomic E-state index is 12.1. The summed E-state index contributed by atoms with van der Waals surface area (Å²) in [6.07, 6.45) is 2.14. The van der Waals surface area contributed by atoms with E-state index in [4.69, 9.17) is 9.47 Å². The Morgan fingerprint density at radius 1 is 1.05 bits per heavy atom. The Morgan fingerprint density at radius 3 is 2.43 bits per heavy atom. The highest BCUT2D eigenvalue weighted by Crippen LogP contribution is 2.19. The van der Waals surface area contributed by atoms with Gasteiger partial charge in [-0.1, -0.05) is 43.7 Å². The first-order valence-electron chi connectivity index (χ1n) is 7.12. The number of hydrogen-bond donors (Lipinski definition) is 0. The maximum Gasteiger partial charge on any atom is 0.200 e.